The first-order valence-corrected chi connectivity index (χ1v) is 10.4. The zero-order valence-corrected chi connectivity index (χ0v) is 16.1. The normalized spacial score (nSPS) is 13.2. The maximum atomic E-state index is 11.3. The zero-order valence-electron chi connectivity index (χ0n) is 12.9. The summed E-state index contributed by atoms with van der Waals surface area (Å²) in [6.07, 6.45) is 1.67. The molecule has 0 aliphatic carbocycles. The summed E-state index contributed by atoms with van der Waals surface area (Å²) in [5, 5.41) is 0. The van der Waals surface area contributed by atoms with Crippen molar-refractivity contribution < 1.29 is 22.8 Å². The lowest BCUT2D eigenvalue weighted by Crippen LogP contribution is -2.45. The minimum absolute atomic E-state index is 0.101. The molecule has 0 aromatic carbocycles. The molecular weight excluding hydrogens is 391 g/mol. The smallest absolute Gasteiger partial charge is 0.465 e. The van der Waals surface area contributed by atoms with Crippen molar-refractivity contribution in [3.63, 3.8) is 0 Å². The van der Waals surface area contributed by atoms with Gasteiger partial charge >= 0.3 is 14.8 Å². The highest BCUT2D eigenvalue weighted by molar-refractivity contribution is 14.1. The van der Waals surface area contributed by atoms with E-state index in [-0.39, 0.29) is 9.89 Å². The minimum Gasteiger partial charge on any atom is -0.465 e. The summed E-state index contributed by atoms with van der Waals surface area (Å²) in [4.78, 5) is 11.3. The fraction of sp³-hybridized carbons (Fsp3) is 0.923. The van der Waals surface area contributed by atoms with Gasteiger partial charge in [-0.3, -0.25) is 4.79 Å². The van der Waals surface area contributed by atoms with Crippen molar-refractivity contribution in [1.82, 2.24) is 0 Å². The number of alkyl halides is 1. The van der Waals surface area contributed by atoms with Gasteiger partial charge in [0.05, 0.1) is 6.61 Å². The van der Waals surface area contributed by atoms with Crippen molar-refractivity contribution in [3.8, 4) is 0 Å². The van der Waals surface area contributed by atoms with Crippen molar-refractivity contribution in [1.29, 1.82) is 0 Å². The molecule has 0 N–H and O–H groups in total. The van der Waals surface area contributed by atoms with Crippen LogP contribution < -0.4 is 0 Å². The quantitative estimate of drug-likeness (QED) is 0.160. The van der Waals surface area contributed by atoms with Crippen molar-refractivity contribution in [3.05, 3.63) is 0 Å². The number of rotatable bonds is 12. The van der Waals surface area contributed by atoms with Crippen LogP contribution in [0, 0.1) is 0 Å². The van der Waals surface area contributed by atoms with E-state index in [0.29, 0.717) is 26.4 Å². The van der Waals surface area contributed by atoms with Crippen LogP contribution in [0.4, 0.5) is 0 Å². The average Bonchev–Trinajstić information content (AvgIpc) is 2.39. The highest BCUT2D eigenvalue weighted by Gasteiger charge is 2.39. The second-order valence-electron chi connectivity index (χ2n) is 4.22. The molecule has 5 nitrogen and oxygen atoms in total. The monoisotopic (exact) mass is 418 g/mol. The number of hydrogen-bond acceptors (Lipinski definition) is 5. The Morgan fingerprint density at radius 2 is 1.55 bits per heavy atom. The van der Waals surface area contributed by atoms with E-state index in [2.05, 4.69) is 0 Å². The molecule has 0 amide bonds. The lowest BCUT2D eigenvalue weighted by Gasteiger charge is -2.28. The Kier molecular flexibility index (Phi) is 12.1. The molecule has 0 saturated heterocycles. The maximum Gasteiger partial charge on any atom is 0.500 e. The molecule has 1 atom stereocenters. The van der Waals surface area contributed by atoms with Crippen LogP contribution >= 0.6 is 22.6 Å². The van der Waals surface area contributed by atoms with Gasteiger partial charge in [0, 0.05) is 25.9 Å². The van der Waals surface area contributed by atoms with Gasteiger partial charge in [0.2, 0.25) is 0 Å². The second-order valence-corrected chi connectivity index (χ2v) is 8.82. The van der Waals surface area contributed by atoms with Crippen LogP contribution in [0.15, 0.2) is 0 Å². The molecule has 0 rings (SSSR count). The number of carbonyl (C=O) groups is 1. The maximum absolute atomic E-state index is 11.3. The van der Waals surface area contributed by atoms with Gasteiger partial charge in [-0.25, -0.2) is 0 Å². The van der Waals surface area contributed by atoms with Crippen LogP contribution in [-0.4, -0.2) is 45.1 Å². The number of hydrogen-bond donors (Lipinski definition) is 0. The van der Waals surface area contributed by atoms with E-state index in [1.165, 1.54) is 0 Å². The molecule has 7 heteroatoms. The summed E-state index contributed by atoms with van der Waals surface area (Å²) in [5.74, 6) is -0.159. The molecule has 20 heavy (non-hydrogen) atoms. The average molecular weight is 418 g/mol. The first-order valence-electron chi connectivity index (χ1n) is 7.23. The zero-order chi connectivity index (χ0) is 15.4. The fourth-order valence-corrected chi connectivity index (χ4v) is 4.60. The largest absolute Gasteiger partial charge is 0.500 e. The predicted molar refractivity (Wildman–Crippen MR) is 89.1 cm³/mol. The Labute approximate surface area is 137 Å². The third-order valence-electron chi connectivity index (χ3n) is 2.54. The SMILES string of the molecule is CCO[Si](CCCCOC(=O)C(C)I)(OCC)OCC. The van der Waals surface area contributed by atoms with Crippen LogP contribution in [0.1, 0.15) is 40.5 Å². The Balaban J connectivity index is 4.09. The van der Waals surface area contributed by atoms with Crippen LogP contribution in [0.3, 0.4) is 0 Å². The van der Waals surface area contributed by atoms with Crippen LogP contribution in [0.25, 0.3) is 0 Å². The Hall–Kier alpha value is 0.297. The molecule has 0 aromatic heterocycles. The van der Waals surface area contributed by atoms with Crippen molar-refractivity contribution >= 4 is 37.4 Å². The second kappa shape index (κ2) is 11.9. The highest BCUT2D eigenvalue weighted by Crippen LogP contribution is 2.19. The van der Waals surface area contributed by atoms with E-state index in [0.717, 1.165) is 18.9 Å². The van der Waals surface area contributed by atoms with E-state index < -0.39 is 8.80 Å². The standard InChI is InChI=1S/C13H27IO5Si/c1-5-17-20(18-6-2,19-7-3)11-9-8-10-16-13(15)12(4)14/h12H,5-11H2,1-4H3. The van der Waals surface area contributed by atoms with Gasteiger partial charge in [-0.1, -0.05) is 22.6 Å². The number of ether oxygens (including phenoxy) is 1. The van der Waals surface area contributed by atoms with Gasteiger partial charge in [0.1, 0.15) is 3.92 Å². The first-order chi connectivity index (χ1) is 9.51. The molecule has 1 unspecified atom stereocenters. The summed E-state index contributed by atoms with van der Waals surface area (Å²) in [6, 6.07) is 0.764. The summed E-state index contributed by atoms with van der Waals surface area (Å²) in [7, 11) is -2.54. The molecule has 0 saturated carbocycles. The summed E-state index contributed by atoms with van der Waals surface area (Å²) < 4.78 is 22.3. The molecule has 0 aliphatic heterocycles. The lowest BCUT2D eigenvalue weighted by molar-refractivity contribution is -0.142. The van der Waals surface area contributed by atoms with Crippen LogP contribution in [0.2, 0.25) is 6.04 Å². The van der Waals surface area contributed by atoms with E-state index in [1.54, 1.807) is 0 Å². The molecule has 120 valence electrons. The number of halogens is 1. The summed E-state index contributed by atoms with van der Waals surface area (Å²) in [6.45, 7) is 9.88. The van der Waals surface area contributed by atoms with Gasteiger partial charge in [-0.2, -0.15) is 0 Å². The Morgan fingerprint density at radius 3 is 1.95 bits per heavy atom. The fourth-order valence-electron chi connectivity index (χ4n) is 1.73. The van der Waals surface area contributed by atoms with E-state index >= 15 is 0 Å². The van der Waals surface area contributed by atoms with E-state index in [9.17, 15) is 4.79 Å². The van der Waals surface area contributed by atoms with E-state index in [4.69, 9.17) is 18.0 Å². The molecule has 0 aromatic rings. The molecule has 0 fully saturated rings. The predicted octanol–water partition coefficient (Wildman–Crippen LogP) is 3.18. The van der Waals surface area contributed by atoms with Crippen molar-refractivity contribution in [2.24, 2.45) is 0 Å². The molecular formula is C13H27IO5Si. The topological polar surface area (TPSA) is 54.0 Å². The number of carbonyl (C=O) groups excluding carboxylic acids is 1. The summed E-state index contributed by atoms with van der Waals surface area (Å²) in [5.41, 5.74) is 0. The van der Waals surface area contributed by atoms with E-state index in [1.807, 2.05) is 50.3 Å². The van der Waals surface area contributed by atoms with Gasteiger partial charge in [0.15, 0.2) is 0 Å². The van der Waals surface area contributed by atoms with Gasteiger partial charge in [-0.15, -0.1) is 0 Å². The highest BCUT2D eigenvalue weighted by atomic mass is 127. The Bertz CT molecular complexity index is 246. The Morgan fingerprint density at radius 1 is 1.05 bits per heavy atom. The molecule has 0 heterocycles. The molecule has 0 spiro atoms. The van der Waals surface area contributed by atoms with Gasteiger partial charge < -0.3 is 18.0 Å². The van der Waals surface area contributed by atoms with Crippen LogP contribution in [-0.2, 0) is 22.8 Å². The number of esters is 1. The van der Waals surface area contributed by atoms with Crippen molar-refractivity contribution in [2.45, 2.75) is 50.5 Å². The minimum atomic E-state index is -2.54. The van der Waals surface area contributed by atoms with Crippen LogP contribution in [0.5, 0.6) is 0 Å². The molecule has 0 aliphatic rings. The summed E-state index contributed by atoms with van der Waals surface area (Å²) >= 11 is 2.05. The van der Waals surface area contributed by atoms with Crippen molar-refractivity contribution in [2.75, 3.05) is 26.4 Å². The third kappa shape index (κ3) is 8.55. The van der Waals surface area contributed by atoms with Gasteiger partial charge in [-0.05, 0) is 40.5 Å². The first kappa shape index (κ1) is 20.3. The molecule has 0 radical (unpaired) electrons. The molecule has 0 bridgehead atoms. The number of unbranched alkanes of at least 4 members (excludes halogenated alkanes) is 1. The third-order valence-corrected chi connectivity index (χ3v) is 6.20. The van der Waals surface area contributed by atoms with Gasteiger partial charge in [0.25, 0.3) is 0 Å². The lowest BCUT2D eigenvalue weighted by atomic mass is 10.3.